The van der Waals surface area contributed by atoms with Crippen molar-refractivity contribution in [2.45, 2.75) is 26.7 Å². The van der Waals surface area contributed by atoms with Gasteiger partial charge in [-0.15, -0.1) is 0 Å². The Balaban J connectivity index is 1.94. The van der Waals surface area contributed by atoms with E-state index in [1.807, 2.05) is 42.7 Å². The van der Waals surface area contributed by atoms with Gasteiger partial charge >= 0.3 is 0 Å². The van der Waals surface area contributed by atoms with Gasteiger partial charge in [0.1, 0.15) is 10.9 Å². The second-order valence-electron chi connectivity index (χ2n) is 6.31. The zero-order chi connectivity index (χ0) is 18.7. The summed E-state index contributed by atoms with van der Waals surface area (Å²) in [5.74, 6) is 0.837. The molecule has 3 rings (SSSR count). The molecule has 0 saturated heterocycles. The van der Waals surface area contributed by atoms with E-state index in [1.165, 1.54) is 5.56 Å². The van der Waals surface area contributed by atoms with Crippen LogP contribution in [0, 0.1) is 17.6 Å². The number of thioether (sulfide) groups is 1. The molecule has 0 fully saturated rings. The van der Waals surface area contributed by atoms with Crippen molar-refractivity contribution in [3.63, 3.8) is 0 Å². The molecule has 2 aromatic carbocycles. The predicted octanol–water partition coefficient (Wildman–Crippen LogP) is 5.08. The first kappa shape index (κ1) is 18.0. The summed E-state index contributed by atoms with van der Waals surface area (Å²) in [6, 6.07) is 11.6. The lowest BCUT2D eigenvalue weighted by molar-refractivity contribution is -0.113. The third kappa shape index (κ3) is 3.73. The zero-order valence-electron chi connectivity index (χ0n) is 14.9. The summed E-state index contributed by atoms with van der Waals surface area (Å²) in [5.41, 5.74) is 5.17. The van der Waals surface area contributed by atoms with E-state index in [2.05, 4.69) is 30.2 Å². The summed E-state index contributed by atoms with van der Waals surface area (Å²) < 4.78 is 5.92. The van der Waals surface area contributed by atoms with Crippen LogP contribution in [-0.4, -0.2) is 16.6 Å². The van der Waals surface area contributed by atoms with Gasteiger partial charge in [-0.25, -0.2) is 4.98 Å². The first-order valence-corrected chi connectivity index (χ1v) is 9.29. The second kappa shape index (κ2) is 7.63. The van der Waals surface area contributed by atoms with E-state index in [0.717, 1.165) is 34.0 Å². The fourth-order valence-electron chi connectivity index (χ4n) is 2.71. The molecular weight excluding hydrogens is 346 g/mol. The van der Waals surface area contributed by atoms with Gasteiger partial charge < -0.3 is 9.73 Å². The van der Waals surface area contributed by atoms with Crippen molar-refractivity contribution in [3.05, 3.63) is 47.5 Å². The first-order valence-electron chi connectivity index (χ1n) is 8.30. The molecular formula is C20H19N3O2S. The molecule has 0 aliphatic rings. The molecule has 0 aliphatic carbocycles. The van der Waals surface area contributed by atoms with Gasteiger partial charge in [0.25, 0.3) is 0 Å². The normalized spacial score (nSPS) is 10.9. The molecule has 26 heavy (non-hydrogen) atoms. The minimum Gasteiger partial charge on any atom is -0.436 e. The van der Waals surface area contributed by atoms with Gasteiger partial charge in [0.2, 0.25) is 11.8 Å². The lowest BCUT2D eigenvalue weighted by atomic mass is 10.0. The number of rotatable bonds is 5. The maximum absolute atomic E-state index is 11.9. The van der Waals surface area contributed by atoms with Crippen molar-refractivity contribution in [1.29, 1.82) is 5.26 Å². The standard InChI is InChI=1S/C20H19N3O2S/c1-12(2)14-7-8-18-17(9-14)23-20(25-18)15-5-4-6-16(13(15)3)22-19(24)10-26-11-21/h4-9,12H,10H2,1-3H3,(H,22,24). The van der Waals surface area contributed by atoms with Crippen molar-refractivity contribution < 1.29 is 9.21 Å². The van der Waals surface area contributed by atoms with Crippen LogP contribution in [0.2, 0.25) is 0 Å². The molecule has 0 atom stereocenters. The Morgan fingerprint density at radius 1 is 1.35 bits per heavy atom. The third-order valence-electron chi connectivity index (χ3n) is 4.18. The van der Waals surface area contributed by atoms with Gasteiger partial charge in [-0.1, -0.05) is 26.0 Å². The monoisotopic (exact) mass is 365 g/mol. The van der Waals surface area contributed by atoms with Gasteiger partial charge in [-0.3, -0.25) is 4.79 Å². The molecule has 0 unspecified atom stereocenters. The smallest absolute Gasteiger partial charge is 0.235 e. The lowest BCUT2D eigenvalue weighted by Crippen LogP contribution is -2.14. The number of carbonyl (C=O) groups excluding carboxylic acids is 1. The van der Waals surface area contributed by atoms with Crippen molar-refractivity contribution in [2.75, 3.05) is 11.1 Å². The number of thiocyanates is 1. The molecule has 132 valence electrons. The molecule has 1 amide bonds. The van der Waals surface area contributed by atoms with Gasteiger partial charge in [-0.05, 0) is 60.0 Å². The number of benzene rings is 2. The highest BCUT2D eigenvalue weighted by Gasteiger charge is 2.15. The van der Waals surface area contributed by atoms with Crippen LogP contribution in [0.15, 0.2) is 40.8 Å². The highest BCUT2D eigenvalue weighted by molar-refractivity contribution is 8.04. The fourth-order valence-corrected chi connectivity index (χ4v) is 2.97. The SMILES string of the molecule is Cc1c(NC(=O)CSC#N)cccc1-c1nc2cc(C(C)C)ccc2o1. The highest BCUT2D eigenvalue weighted by atomic mass is 32.2. The highest BCUT2D eigenvalue weighted by Crippen LogP contribution is 2.31. The number of aromatic nitrogens is 1. The number of amides is 1. The van der Waals surface area contributed by atoms with Crippen LogP contribution in [0.1, 0.15) is 30.9 Å². The van der Waals surface area contributed by atoms with Gasteiger partial charge in [-0.2, -0.15) is 5.26 Å². The summed E-state index contributed by atoms with van der Waals surface area (Å²) in [5, 5.41) is 13.3. The number of hydrogen-bond acceptors (Lipinski definition) is 5. The van der Waals surface area contributed by atoms with Crippen LogP contribution in [0.25, 0.3) is 22.6 Å². The molecule has 3 aromatic rings. The molecule has 1 aromatic heterocycles. The van der Waals surface area contributed by atoms with Crippen molar-refractivity contribution in [3.8, 4) is 16.9 Å². The van der Waals surface area contributed by atoms with Crippen molar-refractivity contribution in [1.82, 2.24) is 4.98 Å². The van der Waals surface area contributed by atoms with Gasteiger partial charge in [0, 0.05) is 11.3 Å². The average Bonchev–Trinajstić information content (AvgIpc) is 3.04. The van der Waals surface area contributed by atoms with Crippen molar-refractivity contribution >= 4 is 34.5 Å². The molecule has 1 N–H and O–H groups in total. The summed E-state index contributed by atoms with van der Waals surface area (Å²) in [6.07, 6.45) is 0. The third-order valence-corrected chi connectivity index (χ3v) is 4.72. The summed E-state index contributed by atoms with van der Waals surface area (Å²) >= 11 is 0.911. The Labute approximate surface area is 156 Å². The number of anilines is 1. The number of hydrogen-bond donors (Lipinski definition) is 1. The quantitative estimate of drug-likeness (QED) is 0.638. The Kier molecular flexibility index (Phi) is 5.29. The van der Waals surface area contributed by atoms with E-state index in [9.17, 15) is 4.79 Å². The van der Waals surface area contributed by atoms with Crippen molar-refractivity contribution in [2.24, 2.45) is 0 Å². The molecule has 0 radical (unpaired) electrons. The first-order chi connectivity index (χ1) is 12.5. The van der Waals surface area contributed by atoms with Crippen LogP contribution in [0.5, 0.6) is 0 Å². The number of nitrogens with zero attached hydrogens (tertiary/aromatic N) is 2. The Morgan fingerprint density at radius 3 is 2.88 bits per heavy atom. The van der Waals surface area contributed by atoms with E-state index in [0.29, 0.717) is 17.5 Å². The minimum atomic E-state index is -0.212. The Morgan fingerprint density at radius 2 is 2.15 bits per heavy atom. The average molecular weight is 365 g/mol. The lowest BCUT2D eigenvalue weighted by Gasteiger charge is -2.10. The molecule has 0 bridgehead atoms. The number of carbonyl (C=O) groups is 1. The van der Waals surface area contributed by atoms with Crippen LogP contribution >= 0.6 is 11.8 Å². The van der Waals surface area contributed by atoms with Crippen LogP contribution < -0.4 is 5.32 Å². The second-order valence-corrected chi connectivity index (χ2v) is 7.07. The maximum atomic E-state index is 11.9. The molecule has 0 spiro atoms. The predicted molar refractivity (Wildman–Crippen MR) is 105 cm³/mol. The molecule has 6 heteroatoms. The number of fused-ring (bicyclic) bond motifs is 1. The fraction of sp³-hybridized carbons (Fsp3) is 0.250. The minimum absolute atomic E-state index is 0.0982. The summed E-state index contributed by atoms with van der Waals surface area (Å²) in [6.45, 7) is 6.20. The zero-order valence-corrected chi connectivity index (χ0v) is 15.7. The van der Waals surface area contributed by atoms with E-state index in [1.54, 1.807) is 0 Å². The van der Waals surface area contributed by atoms with Gasteiger partial charge in [0.05, 0.1) is 5.75 Å². The van der Waals surface area contributed by atoms with E-state index >= 15 is 0 Å². The Bertz CT molecular complexity index is 1000. The van der Waals surface area contributed by atoms with E-state index in [4.69, 9.17) is 9.68 Å². The molecule has 5 nitrogen and oxygen atoms in total. The van der Waals surface area contributed by atoms with E-state index in [-0.39, 0.29) is 11.7 Å². The van der Waals surface area contributed by atoms with Crippen LogP contribution in [-0.2, 0) is 4.79 Å². The molecule has 0 aliphatic heterocycles. The van der Waals surface area contributed by atoms with Crippen LogP contribution in [0.4, 0.5) is 5.69 Å². The maximum Gasteiger partial charge on any atom is 0.235 e. The van der Waals surface area contributed by atoms with Gasteiger partial charge in [0.15, 0.2) is 5.58 Å². The molecule has 1 heterocycles. The Hall–Kier alpha value is -2.78. The number of nitrogens with one attached hydrogen (secondary N) is 1. The summed E-state index contributed by atoms with van der Waals surface area (Å²) in [7, 11) is 0. The molecule has 0 saturated carbocycles. The number of nitriles is 1. The topological polar surface area (TPSA) is 78.9 Å². The van der Waals surface area contributed by atoms with E-state index < -0.39 is 0 Å². The van der Waals surface area contributed by atoms with Crippen LogP contribution in [0.3, 0.4) is 0 Å². The summed E-state index contributed by atoms with van der Waals surface area (Å²) in [4.78, 5) is 16.5. The number of oxazole rings is 1. The largest absolute Gasteiger partial charge is 0.436 e.